The van der Waals surface area contributed by atoms with Gasteiger partial charge in [-0.15, -0.1) is 0 Å². The molecule has 4 aromatic heterocycles. The predicted octanol–water partition coefficient (Wildman–Crippen LogP) is -2.26. The summed E-state index contributed by atoms with van der Waals surface area (Å²) in [6.07, 6.45) is 5.26. The average molecular weight is 585 g/mol. The fraction of sp³-hybridized carbons (Fsp3) is 0. The van der Waals surface area contributed by atoms with Crippen molar-refractivity contribution in [2.24, 2.45) is 0 Å². The Morgan fingerprint density at radius 2 is 0.865 bits per heavy atom. The molecule has 0 radical (unpaired) electrons. The first-order chi connectivity index (χ1) is 17.2. The summed E-state index contributed by atoms with van der Waals surface area (Å²) >= 11 is 0. The molecule has 0 aliphatic rings. The number of rotatable bonds is 6. The molecule has 4 heterocycles. The number of carbonyl (C=O) groups is 4. The van der Waals surface area contributed by atoms with Crippen LogP contribution in [-0.2, 0) is 19.5 Å². The predicted molar refractivity (Wildman–Crippen MR) is 112 cm³/mol. The zero-order chi connectivity index (χ0) is 26.2. The molecule has 0 spiro atoms. The summed E-state index contributed by atoms with van der Waals surface area (Å²) < 4.78 is 0. The molecule has 0 amide bonds. The third kappa shape index (κ3) is 6.62. The van der Waals surface area contributed by atoms with Crippen molar-refractivity contribution >= 4 is 23.9 Å². The molecule has 0 aliphatic carbocycles. The maximum atomic E-state index is 11.1. The van der Waals surface area contributed by atoms with Crippen LogP contribution in [0.15, 0.2) is 73.3 Å². The van der Waals surface area contributed by atoms with Gasteiger partial charge in [0.15, 0.2) is 0 Å². The van der Waals surface area contributed by atoms with Gasteiger partial charge in [-0.05, 0) is 36.4 Å². The van der Waals surface area contributed by atoms with Gasteiger partial charge in [-0.2, -0.15) is 0 Å². The number of aromatic carboxylic acids is 4. The molecule has 0 aromatic carbocycles. The van der Waals surface area contributed by atoms with Gasteiger partial charge < -0.3 is 39.6 Å². The Hall–Kier alpha value is -4.90. The number of carboxylic acid groups (broad SMARTS) is 4. The number of pyridine rings is 4. The molecule has 0 saturated carbocycles. The van der Waals surface area contributed by atoms with Crippen LogP contribution in [0.2, 0.25) is 0 Å². The summed E-state index contributed by atoms with van der Waals surface area (Å²) in [5.74, 6) is -6.48. The zero-order valence-electron chi connectivity index (χ0n) is 18.3. The van der Waals surface area contributed by atoms with E-state index in [0.717, 1.165) is 12.1 Å². The molecule has 0 fully saturated rings. The Morgan fingerprint density at radius 3 is 1.14 bits per heavy atom. The van der Waals surface area contributed by atoms with Gasteiger partial charge in [0, 0.05) is 47.0 Å². The first kappa shape index (κ1) is 28.3. The second-order valence-corrected chi connectivity index (χ2v) is 6.74. The third-order valence-electron chi connectivity index (χ3n) is 4.57. The molecular weight excluding hydrogens is 573 g/mol. The quantitative estimate of drug-likeness (QED) is 0.219. The minimum Gasteiger partial charge on any atom is -0.545 e. The van der Waals surface area contributed by atoms with Crippen LogP contribution in [0.1, 0.15) is 41.4 Å². The first-order valence-electron chi connectivity index (χ1n) is 9.88. The minimum absolute atomic E-state index is 0. The van der Waals surface area contributed by atoms with Crippen molar-refractivity contribution in [3.8, 4) is 22.8 Å². The molecule has 0 aliphatic heterocycles. The molecule has 0 bridgehead atoms. The van der Waals surface area contributed by atoms with Gasteiger partial charge in [0.2, 0.25) is 0 Å². The van der Waals surface area contributed by atoms with Gasteiger partial charge in [-0.3, -0.25) is 19.9 Å². The minimum atomic E-state index is -1.64. The van der Waals surface area contributed by atoms with Gasteiger partial charge >= 0.3 is 19.5 Å². The van der Waals surface area contributed by atoms with Crippen LogP contribution in [-0.4, -0.2) is 43.8 Å². The number of hydrogen-bond donors (Lipinski definition) is 0. The Kier molecular flexibility index (Phi) is 9.73. The Balaban J connectivity index is 0.000000253. The monoisotopic (exact) mass is 586 g/mol. The van der Waals surface area contributed by atoms with Crippen molar-refractivity contribution in [3.05, 3.63) is 95.6 Å². The summed E-state index contributed by atoms with van der Waals surface area (Å²) in [6.45, 7) is 0. The Labute approximate surface area is 221 Å². The molecular formula is C24H12N4O8Ru. The molecule has 0 unspecified atom stereocenters. The van der Waals surface area contributed by atoms with Gasteiger partial charge in [-0.1, -0.05) is 12.1 Å². The summed E-state index contributed by atoms with van der Waals surface area (Å²) in [7, 11) is 0. The fourth-order valence-corrected chi connectivity index (χ4v) is 3.07. The fourth-order valence-electron chi connectivity index (χ4n) is 3.07. The van der Waals surface area contributed by atoms with E-state index in [4.69, 9.17) is 0 Å². The number of nitrogens with zero attached hydrogens (tertiary/aromatic N) is 4. The molecule has 184 valence electrons. The van der Waals surface area contributed by atoms with Crippen molar-refractivity contribution in [2.45, 2.75) is 0 Å². The molecule has 0 saturated heterocycles. The molecule has 0 N–H and O–H groups in total. The van der Waals surface area contributed by atoms with Crippen molar-refractivity contribution in [1.29, 1.82) is 0 Å². The SMILES string of the molecule is O=C([O-])c1ccnc(-c2ccccn2)c1C(=O)[O-].O=C([O-])c1ccnc(-c2ccccn2)c1C(=O)[O-].[Ru+4]. The van der Waals surface area contributed by atoms with E-state index in [0.29, 0.717) is 0 Å². The molecule has 13 heteroatoms. The molecule has 12 nitrogen and oxygen atoms in total. The van der Waals surface area contributed by atoms with Crippen LogP contribution in [0.5, 0.6) is 0 Å². The van der Waals surface area contributed by atoms with Crippen molar-refractivity contribution in [2.75, 3.05) is 0 Å². The van der Waals surface area contributed by atoms with Crippen molar-refractivity contribution < 1.29 is 59.1 Å². The normalized spacial score (nSPS) is 9.73. The Bertz CT molecular complexity index is 1340. The summed E-state index contributed by atoms with van der Waals surface area (Å²) in [5.41, 5.74) is -1.64. The van der Waals surface area contributed by atoms with E-state index in [1.807, 2.05) is 0 Å². The largest absolute Gasteiger partial charge is 4.00 e. The zero-order valence-corrected chi connectivity index (χ0v) is 20.1. The summed E-state index contributed by atoms with van der Waals surface area (Å²) in [5, 5.41) is 43.8. The maximum absolute atomic E-state index is 11.1. The van der Waals surface area contributed by atoms with Crippen LogP contribution in [0.3, 0.4) is 0 Å². The van der Waals surface area contributed by atoms with Crippen LogP contribution >= 0.6 is 0 Å². The van der Waals surface area contributed by atoms with Gasteiger partial charge in [0.1, 0.15) is 0 Å². The van der Waals surface area contributed by atoms with E-state index < -0.39 is 46.1 Å². The summed E-state index contributed by atoms with van der Waals surface area (Å²) in [6, 6.07) is 11.7. The van der Waals surface area contributed by atoms with Gasteiger partial charge in [0.25, 0.3) is 0 Å². The second-order valence-electron chi connectivity index (χ2n) is 6.74. The van der Waals surface area contributed by atoms with Crippen LogP contribution < -0.4 is 20.4 Å². The number of aromatic nitrogens is 4. The average Bonchev–Trinajstić information content (AvgIpc) is 2.89. The molecule has 37 heavy (non-hydrogen) atoms. The number of hydrogen-bond acceptors (Lipinski definition) is 12. The Morgan fingerprint density at radius 1 is 0.486 bits per heavy atom. The number of carboxylic acids is 4. The van der Waals surface area contributed by atoms with E-state index in [1.165, 1.54) is 36.9 Å². The maximum Gasteiger partial charge on any atom is 4.00 e. The first-order valence-corrected chi connectivity index (χ1v) is 9.88. The van der Waals surface area contributed by atoms with Crippen LogP contribution in [0.4, 0.5) is 0 Å². The van der Waals surface area contributed by atoms with Crippen molar-refractivity contribution in [1.82, 2.24) is 19.9 Å². The van der Waals surface area contributed by atoms with E-state index >= 15 is 0 Å². The molecule has 4 aromatic rings. The van der Waals surface area contributed by atoms with Crippen molar-refractivity contribution in [3.63, 3.8) is 0 Å². The van der Waals surface area contributed by atoms with Gasteiger partial charge in [-0.25, -0.2) is 0 Å². The van der Waals surface area contributed by atoms with Gasteiger partial charge in [0.05, 0.1) is 46.7 Å². The summed E-state index contributed by atoms with van der Waals surface area (Å²) in [4.78, 5) is 59.3. The van der Waals surface area contributed by atoms with E-state index in [2.05, 4.69) is 19.9 Å². The molecule has 0 atom stereocenters. The topological polar surface area (TPSA) is 212 Å². The van der Waals surface area contributed by atoms with E-state index in [-0.39, 0.29) is 42.3 Å². The smallest absolute Gasteiger partial charge is 0.545 e. The van der Waals surface area contributed by atoms with E-state index in [9.17, 15) is 39.6 Å². The number of carbonyl (C=O) groups excluding carboxylic acids is 4. The van der Waals surface area contributed by atoms with E-state index in [1.54, 1.807) is 24.3 Å². The van der Waals surface area contributed by atoms with Crippen LogP contribution in [0.25, 0.3) is 22.8 Å². The van der Waals surface area contributed by atoms with Crippen LogP contribution in [0, 0.1) is 0 Å². The standard InChI is InChI=1S/2C12H8N2O4.Ru/c2*15-11(16)7-4-6-14-10(9(7)12(17)18)8-3-1-2-5-13-8;/h2*1-6H,(H,15,16)(H,17,18);/q;;+4/p-4. The second kappa shape index (κ2) is 12.7. The third-order valence-corrected chi connectivity index (χ3v) is 4.57. The molecule has 4 rings (SSSR count).